The lowest BCUT2D eigenvalue weighted by Gasteiger charge is -2.09. The van der Waals surface area contributed by atoms with Crippen molar-refractivity contribution in [3.05, 3.63) is 12.3 Å². The topological polar surface area (TPSA) is 41.9 Å². The lowest BCUT2D eigenvalue weighted by Crippen LogP contribution is -2.28. The molecular weight excluding hydrogens is 164 g/mol. The highest BCUT2D eigenvalue weighted by atomic mass is 15.3. The van der Waals surface area contributed by atoms with Crippen LogP contribution in [-0.2, 0) is 7.05 Å². The van der Waals surface area contributed by atoms with Gasteiger partial charge in [0.2, 0.25) is 0 Å². The molecule has 0 radical (unpaired) electrons. The Morgan fingerprint density at radius 1 is 1.46 bits per heavy atom. The molecule has 0 bridgehead atoms. The average Bonchev–Trinajstić information content (AvgIpc) is 2.45. The summed E-state index contributed by atoms with van der Waals surface area (Å²) in [5.41, 5.74) is 0. The van der Waals surface area contributed by atoms with Crippen LogP contribution in [0.15, 0.2) is 12.3 Å². The number of rotatable bonds is 5. The number of aromatic nitrogens is 2. The van der Waals surface area contributed by atoms with Crippen LogP contribution in [0.25, 0.3) is 0 Å². The van der Waals surface area contributed by atoms with E-state index in [-0.39, 0.29) is 0 Å². The van der Waals surface area contributed by atoms with E-state index in [1.54, 1.807) is 6.20 Å². The van der Waals surface area contributed by atoms with E-state index >= 15 is 0 Å². The molecule has 13 heavy (non-hydrogen) atoms. The molecule has 0 fully saturated rings. The maximum atomic E-state index is 4.06. The monoisotopic (exact) mass is 182 g/mol. The van der Waals surface area contributed by atoms with Gasteiger partial charge < -0.3 is 10.6 Å². The summed E-state index contributed by atoms with van der Waals surface area (Å²) in [6.45, 7) is 6.19. The minimum Gasteiger partial charge on any atom is -0.369 e. The first kappa shape index (κ1) is 10.1. The van der Waals surface area contributed by atoms with Gasteiger partial charge in [-0.3, -0.25) is 4.68 Å². The SMILES string of the molecule is CC(C)NCCNc1ccnn1C. The number of nitrogens with zero attached hydrogens (tertiary/aromatic N) is 2. The molecule has 0 aliphatic carbocycles. The van der Waals surface area contributed by atoms with Crippen LogP contribution in [0.5, 0.6) is 0 Å². The van der Waals surface area contributed by atoms with Crippen LogP contribution in [0.1, 0.15) is 13.8 Å². The van der Waals surface area contributed by atoms with Crippen LogP contribution in [0.3, 0.4) is 0 Å². The summed E-state index contributed by atoms with van der Waals surface area (Å²) in [7, 11) is 1.93. The van der Waals surface area contributed by atoms with Crippen molar-refractivity contribution in [3.8, 4) is 0 Å². The van der Waals surface area contributed by atoms with Crippen molar-refractivity contribution in [2.45, 2.75) is 19.9 Å². The van der Waals surface area contributed by atoms with Crippen LogP contribution in [0, 0.1) is 0 Å². The molecule has 0 aromatic carbocycles. The maximum absolute atomic E-state index is 4.06. The fourth-order valence-corrected chi connectivity index (χ4v) is 1.10. The van der Waals surface area contributed by atoms with E-state index in [1.807, 2.05) is 17.8 Å². The van der Waals surface area contributed by atoms with Gasteiger partial charge in [0.1, 0.15) is 5.82 Å². The van der Waals surface area contributed by atoms with Crippen molar-refractivity contribution in [2.24, 2.45) is 7.05 Å². The van der Waals surface area contributed by atoms with Gasteiger partial charge in [0.25, 0.3) is 0 Å². The zero-order valence-corrected chi connectivity index (χ0v) is 8.54. The van der Waals surface area contributed by atoms with Gasteiger partial charge in [-0.1, -0.05) is 13.8 Å². The van der Waals surface area contributed by atoms with Crippen molar-refractivity contribution < 1.29 is 0 Å². The van der Waals surface area contributed by atoms with E-state index in [4.69, 9.17) is 0 Å². The van der Waals surface area contributed by atoms with Crippen LogP contribution in [0.2, 0.25) is 0 Å². The summed E-state index contributed by atoms with van der Waals surface area (Å²) in [6.07, 6.45) is 1.79. The number of hydrogen-bond donors (Lipinski definition) is 2. The van der Waals surface area contributed by atoms with Gasteiger partial charge >= 0.3 is 0 Å². The zero-order valence-electron chi connectivity index (χ0n) is 8.54. The molecule has 0 unspecified atom stereocenters. The van der Waals surface area contributed by atoms with Crippen molar-refractivity contribution >= 4 is 5.82 Å². The largest absolute Gasteiger partial charge is 0.369 e. The zero-order chi connectivity index (χ0) is 9.68. The molecular formula is C9H18N4. The Labute approximate surface area is 79.3 Å². The Morgan fingerprint density at radius 2 is 2.23 bits per heavy atom. The predicted molar refractivity (Wildman–Crippen MR) is 54.8 cm³/mol. The van der Waals surface area contributed by atoms with Gasteiger partial charge in [-0.05, 0) is 0 Å². The van der Waals surface area contributed by atoms with Gasteiger partial charge in [-0.25, -0.2) is 0 Å². The minimum absolute atomic E-state index is 0.549. The molecule has 0 spiro atoms. The Hall–Kier alpha value is -1.03. The summed E-state index contributed by atoms with van der Waals surface area (Å²) in [5, 5.41) is 10.7. The lowest BCUT2D eigenvalue weighted by atomic mass is 10.4. The fraction of sp³-hybridized carbons (Fsp3) is 0.667. The van der Waals surface area contributed by atoms with Gasteiger partial charge in [-0.15, -0.1) is 0 Å². The first-order valence-corrected chi connectivity index (χ1v) is 4.65. The molecule has 0 aliphatic rings. The second kappa shape index (κ2) is 4.87. The molecule has 1 aromatic heterocycles. The van der Waals surface area contributed by atoms with Crippen LogP contribution in [0.4, 0.5) is 5.82 Å². The molecule has 0 saturated heterocycles. The number of aryl methyl sites for hydroxylation is 1. The maximum Gasteiger partial charge on any atom is 0.123 e. The Kier molecular flexibility index (Phi) is 3.76. The van der Waals surface area contributed by atoms with Crippen LogP contribution >= 0.6 is 0 Å². The molecule has 4 nitrogen and oxygen atoms in total. The smallest absolute Gasteiger partial charge is 0.123 e. The summed E-state index contributed by atoms with van der Waals surface area (Å²) < 4.78 is 1.83. The molecule has 0 aliphatic heterocycles. The number of nitrogens with one attached hydrogen (secondary N) is 2. The molecule has 74 valence electrons. The normalized spacial score (nSPS) is 10.8. The second-order valence-corrected chi connectivity index (χ2v) is 3.38. The van der Waals surface area contributed by atoms with Gasteiger partial charge in [0, 0.05) is 32.2 Å². The summed E-state index contributed by atoms with van der Waals surface area (Å²) >= 11 is 0. The lowest BCUT2D eigenvalue weighted by molar-refractivity contribution is 0.600. The molecule has 1 heterocycles. The standard InChI is InChI=1S/C9H18N4/c1-8(2)10-6-7-11-9-4-5-12-13(9)3/h4-5,8,10-11H,6-7H2,1-3H3. The highest BCUT2D eigenvalue weighted by Crippen LogP contribution is 2.01. The summed E-state index contributed by atoms with van der Waals surface area (Å²) in [5.74, 6) is 1.06. The van der Waals surface area contributed by atoms with E-state index in [9.17, 15) is 0 Å². The fourth-order valence-electron chi connectivity index (χ4n) is 1.10. The van der Waals surface area contributed by atoms with Crippen molar-refractivity contribution in [3.63, 3.8) is 0 Å². The van der Waals surface area contributed by atoms with Crippen LogP contribution < -0.4 is 10.6 Å². The molecule has 0 amide bonds. The third-order valence-corrected chi connectivity index (χ3v) is 1.80. The van der Waals surface area contributed by atoms with Crippen molar-refractivity contribution in [1.29, 1.82) is 0 Å². The number of anilines is 1. The van der Waals surface area contributed by atoms with Crippen LogP contribution in [-0.4, -0.2) is 28.9 Å². The van der Waals surface area contributed by atoms with E-state index < -0.39 is 0 Å². The van der Waals surface area contributed by atoms with E-state index in [0.717, 1.165) is 18.9 Å². The summed E-state index contributed by atoms with van der Waals surface area (Å²) in [4.78, 5) is 0. The first-order chi connectivity index (χ1) is 6.20. The minimum atomic E-state index is 0.549. The molecule has 0 atom stereocenters. The van der Waals surface area contributed by atoms with Gasteiger partial charge in [0.15, 0.2) is 0 Å². The van der Waals surface area contributed by atoms with E-state index in [1.165, 1.54) is 0 Å². The first-order valence-electron chi connectivity index (χ1n) is 4.65. The number of hydrogen-bond acceptors (Lipinski definition) is 3. The highest BCUT2D eigenvalue weighted by molar-refractivity contribution is 5.33. The van der Waals surface area contributed by atoms with E-state index in [2.05, 4.69) is 29.6 Å². The Bertz CT molecular complexity index is 242. The third kappa shape index (κ3) is 3.46. The summed E-state index contributed by atoms with van der Waals surface area (Å²) in [6, 6.07) is 2.52. The molecule has 1 rings (SSSR count). The third-order valence-electron chi connectivity index (χ3n) is 1.80. The van der Waals surface area contributed by atoms with E-state index in [0.29, 0.717) is 6.04 Å². The Morgan fingerprint density at radius 3 is 2.77 bits per heavy atom. The molecule has 4 heteroatoms. The van der Waals surface area contributed by atoms with Crippen molar-refractivity contribution in [2.75, 3.05) is 18.4 Å². The molecule has 0 saturated carbocycles. The van der Waals surface area contributed by atoms with Gasteiger partial charge in [0.05, 0.1) is 6.20 Å². The van der Waals surface area contributed by atoms with Gasteiger partial charge in [-0.2, -0.15) is 5.10 Å². The quantitative estimate of drug-likeness (QED) is 0.663. The predicted octanol–water partition coefficient (Wildman–Crippen LogP) is 0.830. The average molecular weight is 182 g/mol. The molecule has 2 N–H and O–H groups in total. The Balaban J connectivity index is 2.17. The highest BCUT2D eigenvalue weighted by Gasteiger charge is 1.96. The van der Waals surface area contributed by atoms with Crippen molar-refractivity contribution in [1.82, 2.24) is 15.1 Å². The second-order valence-electron chi connectivity index (χ2n) is 3.38. The molecule has 1 aromatic rings.